The lowest BCUT2D eigenvalue weighted by atomic mass is 10.1. The Morgan fingerprint density at radius 1 is 1.48 bits per heavy atom. The van der Waals surface area contributed by atoms with E-state index in [1.54, 1.807) is 12.1 Å². The van der Waals surface area contributed by atoms with Crippen molar-refractivity contribution in [3.05, 3.63) is 35.1 Å². The molecule has 21 heavy (non-hydrogen) atoms. The minimum Gasteiger partial charge on any atom is -0.444 e. The summed E-state index contributed by atoms with van der Waals surface area (Å²) in [6, 6.07) is 6.22. The number of ether oxygens (including phenoxy) is 1. The Bertz CT molecular complexity index is 507. The number of hydrogen-bond acceptors (Lipinski definition) is 4. The van der Waals surface area contributed by atoms with Crippen molar-refractivity contribution in [3.63, 3.8) is 0 Å². The van der Waals surface area contributed by atoms with Crippen molar-refractivity contribution in [2.75, 3.05) is 12.3 Å². The van der Waals surface area contributed by atoms with Crippen LogP contribution < -0.4 is 5.32 Å². The summed E-state index contributed by atoms with van der Waals surface area (Å²) in [5, 5.41) is 10.9. The van der Waals surface area contributed by atoms with Crippen molar-refractivity contribution in [2.45, 2.75) is 33.3 Å². The van der Waals surface area contributed by atoms with Crippen LogP contribution >= 0.6 is 12.6 Å². The van der Waals surface area contributed by atoms with E-state index >= 15 is 0 Å². The van der Waals surface area contributed by atoms with Gasteiger partial charge in [-0.3, -0.25) is 0 Å². The van der Waals surface area contributed by atoms with Gasteiger partial charge in [0.25, 0.3) is 0 Å². The van der Waals surface area contributed by atoms with E-state index in [4.69, 9.17) is 10.00 Å². The van der Waals surface area contributed by atoms with Gasteiger partial charge in [-0.15, -0.1) is 0 Å². The number of halogens is 1. The zero-order valence-corrected chi connectivity index (χ0v) is 13.6. The van der Waals surface area contributed by atoms with Crippen molar-refractivity contribution in [1.82, 2.24) is 5.32 Å². The number of carbonyl (C=O) groups excluding carboxylic acids is 1. The van der Waals surface area contributed by atoms with E-state index in [0.717, 1.165) is 5.56 Å². The summed E-state index contributed by atoms with van der Waals surface area (Å²) in [6.07, 6.45) is -0.383. The van der Waals surface area contributed by atoms with Crippen LogP contribution in [0.2, 0.25) is 0 Å². The molecule has 4 nitrogen and oxygen atoms in total. The van der Waals surface area contributed by atoms with Gasteiger partial charge >= 0.3 is 6.09 Å². The van der Waals surface area contributed by atoms with Gasteiger partial charge in [0.15, 0.2) is 0 Å². The fraction of sp³-hybridized carbons (Fsp3) is 0.467. The molecule has 0 heterocycles. The second-order valence-electron chi connectivity index (χ2n) is 5.25. The molecule has 0 fully saturated rings. The topological polar surface area (TPSA) is 62.1 Å². The molecule has 0 radical (unpaired) electrons. The molecule has 0 bridgehead atoms. The number of nitrogens with one attached hydrogen (secondary N) is 1. The number of carbonyl (C=O) groups is 1. The molecule has 1 amide bonds. The van der Waals surface area contributed by atoms with Gasteiger partial charge in [0.2, 0.25) is 0 Å². The third kappa shape index (κ3) is 9.74. The molecule has 0 aliphatic carbocycles. The van der Waals surface area contributed by atoms with Gasteiger partial charge in [-0.2, -0.15) is 17.9 Å². The molecule has 0 saturated carbocycles. The van der Waals surface area contributed by atoms with Crippen molar-refractivity contribution in [3.8, 4) is 6.07 Å². The van der Waals surface area contributed by atoms with Crippen LogP contribution in [-0.4, -0.2) is 24.0 Å². The first-order valence-corrected chi connectivity index (χ1v) is 7.07. The smallest absolute Gasteiger partial charge is 0.407 e. The normalized spacial score (nSPS) is 9.95. The number of aryl methyl sites for hydroxylation is 1. The van der Waals surface area contributed by atoms with Crippen LogP contribution in [-0.2, 0) is 4.74 Å². The third-order valence-electron chi connectivity index (χ3n) is 2.02. The molecule has 1 aromatic carbocycles. The monoisotopic (exact) mass is 312 g/mol. The highest BCUT2D eigenvalue weighted by atomic mass is 32.1. The van der Waals surface area contributed by atoms with Crippen LogP contribution in [0.3, 0.4) is 0 Å². The molecule has 1 rings (SSSR count). The highest BCUT2D eigenvalue weighted by molar-refractivity contribution is 7.80. The maximum Gasteiger partial charge on any atom is 0.407 e. The van der Waals surface area contributed by atoms with Crippen LogP contribution in [0.25, 0.3) is 0 Å². The first-order valence-electron chi connectivity index (χ1n) is 6.43. The molecular weight excluding hydrogens is 291 g/mol. The lowest BCUT2D eigenvalue weighted by Gasteiger charge is -2.19. The highest BCUT2D eigenvalue weighted by Crippen LogP contribution is 2.07. The lowest BCUT2D eigenvalue weighted by molar-refractivity contribution is 0.0531. The summed E-state index contributed by atoms with van der Waals surface area (Å²) in [6.45, 7) is 7.84. The van der Waals surface area contributed by atoms with Crippen LogP contribution in [0.5, 0.6) is 0 Å². The van der Waals surface area contributed by atoms with Crippen LogP contribution in [0, 0.1) is 24.1 Å². The fourth-order valence-corrected chi connectivity index (χ4v) is 1.31. The standard InChI is InChI=1S/C8H6FN.C7H15NO2S/c1-6-2-3-8(9)7(4-6)5-10;1-7(2,3)10-6(9)8-4-5-11/h2-4H,1H3;11H,4-5H2,1-3H3,(H,8,9). The van der Waals surface area contributed by atoms with Crippen molar-refractivity contribution in [2.24, 2.45) is 0 Å². The zero-order valence-electron chi connectivity index (χ0n) is 12.7. The summed E-state index contributed by atoms with van der Waals surface area (Å²) in [5.74, 6) is 0.173. The molecule has 0 aromatic heterocycles. The van der Waals surface area contributed by atoms with Gasteiger partial charge in [-0.25, -0.2) is 9.18 Å². The number of thiol groups is 1. The minimum absolute atomic E-state index is 0.111. The second kappa shape index (κ2) is 9.24. The first kappa shape index (κ1) is 19.3. The molecule has 0 saturated heterocycles. The summed E-state index contributed by atoms with van der Waals surface area (Å²) >= 11 is 3.94. The quantitative estimate of drug-likeness (QED) is 0.822. The third-order valence-corrected chi connectivity index (χ3v) is 2.25. The molecule has 1 aromatic rings. The van der Waals surface area contributed by atoms with E-state index in [1.165, 1.54) is 12.1 Å². The molecular formula is C15H21FN2O2S. The Balaban J connectivity index is 0.000000382. The van der Waals surface area contributed by atoms with Gasteiger partial charge in [0.05, 0.1) is 5.56 Å². The number of nitrogens with zero attached hydrogens (tertiary/aromatic N) is 1. The summed E-state index contributed by atoms with van der Waals surface area (Å²) in [7, 11) is 0. The van der Waals surface area contributed by atoms with E-state index in [1.807, 2.05) is 27.7 Å². The first-order chi connectivity index (χ1) is 9.69. The van der Waals surface area contributed by atoms with E-state index in [9.17, 15) is 9.18 Å². The number of amides is 1. The minimum atomic E-state index is -0.451. The molecule has 0 aliphatic heterocycles. The van der Waals surface area contributed by atoms with Gasteiger partial charge in [-0.1, -0.05) is 6.07 Å². The molecule has 0 aliphatic rings. The number of hydrogen-bond donors (Lipinski definition) is 2. The molecule has 0 atom stereocenters. The molecule has 0 spiro atoms. The largest absolute Gasteiger partial charge is 0.444 e. The summed E-state index contributed by atoms with van der Waals surface area (Å²) in [5.41, 5.74) is 0.596. The van der Waals surface area contributed by atoms with Crippen molar-refractivity contribution < 1.29 is 13.9 Å². The Labute approximate surface area is 130 Å². The average molecular weight is 312 g/mol. The lowest BCUT2D eigenvalue weighted by Crippen LogP contribution is -2.33. The van der Waals surface area contributed by atoms with E-state index in [0.29, 0.717) is 12.3 Å². The van der Waals surface area contributed by atoms with Gasteiger partial charge in [0.1, 0.15) is 17.5 Å². The number of nitriles is 1. The van der Waals surface area contributed by atoms with Crippen molar-refractivity contribution >= 4 is 18.7 Å². The highest BCUT2D eigenvalue weighted by Gasteiger charge is 2.14. The number of alkyl carbamates (subject to hydrolysis) is 1. The molecule has 116 valence electrons. The molecule has 6 heteroatoms. The van der Waals surface area contributed by atoms with Crippen LogP contribution in [0.4, 0.5) is 9.18 Å². The Morgan fingerprint density at radius 3 is 2.52 bits per heavy atom. The van der Waals surface area contributed by atoms with E-state index < -0.39 is 11.4 Å². The van der Waals surface area contributed by atoms with E-state index in [2.05, 4.69) is 17.9 Å². The van der Waals surface area contributed by atoms with Crippen LogP contribution in [0.1, 0.15) is 31.9 Å². The SMILES string of the molecule is CC(C)(C)OC(=O)NCCS.Cc1ccc(F)c(C#N)c1. The number of benzene rings is 1. The van der Waals surface area contributed by atoms with Crippen LogP contribution in [0.15, 0.2) is 18.2 Å². The van der Waals surface area contributed by atoms with Gasteiger partial charge in [0, 0.05) is 12.3 Å². The summed E-state index contributed by atoms with van der Waals surface area (Å²) < 4.78 is 17.5. The predicted octanol–water partition coefficient (Wildman–Crippen LogP) is 3.45. The zero-order chi connectivity index (χ0) is 16.5. The Hall–Kier alpha value is -1.74. The molecule has 1 N–H and O–H groups in total. The Morgan fingerprint density at radius 2 is 2.10 bits per heavy atom. The number of rotatable bonds is 2. The Kier molecular flexibility index (Phi) is 8.48. The summed E-state index contributed by atoms with van der Waals surface area (Å²) in [4.78, 5) is 10.9. The predicted molar refractivity (Wildman–Crippen MR) is 83.9 cm³/mol. The van der Waals surface area contributed by atoms with E-state index in [-0.39, 0.29) is 11.7 Å². The van der Waals surface area contributed by atoms with Crippen molar-refractivity contribution in [1.29, 1.82) is 5.26 Å². The maximum atomic E-state index is 12.5. The molecule has 0 unspecified atom stereocenters. The maximum absolute atomic E-state index is 12.5. The van der Waals surface area contributed by atoms with Gasteiger partial charge in [-0.05, 0) is 45.4 Å². The second-order valence-corrected chi connectivity index (χ2v) is 5.69. The van der Waals surface area contributed by atoms with Gasteiger partial charge < -0.3 is 10.1 Å². The fourth-order valence-electron chi connectivity index (χ4n) is 1.20. The average Bonchev–Trinajstić information content (AvgIpc) is 2.38.